The third-order valence-corrected chi connectivity index (χ3v) is 6.37. The highest BCUT2D eigenvalue weighted by Gasteiger charge is 2.34. The number of fused-ring (bicyclic) bond motifs is 4. The first-order chi connectivity index (χ1) is 12.2. The molecule has 1 aromatic heterocycles. The number of nitrogens with zero attached hydrogens (tertiary/aromatic N) is 2. The van der Waals surface area contributed by atoms with E-state index in [0.717, 1.165) is 26.1 Å². The van der Waals surface area contributed by atoms with Gasteiger partial charge in [-0.1, -0.05) is 24.3 Å². The molecule has 2 aliphatic heterocycles. The summed E-state index contributed by atoms with van der Waals surface area (Å²) in [6, 6.07) is 15.9. The summed E-state index contributed by atoms with van der Waals surface area (Å²) in [6.07, 6.45) is 0.830. The fourth-order valence-corrected chi connectivity index (χ4v) is 5.04. The van der Waals surface area contributed by atoms with E-state index in [1.165, 1.54) is 10.6 Å². The number of aromatic nitrogens is 1. The molecule has 0 aliphatic carbocycles. The van der Waals surface area contributed by atoms with Crippen LogP contribution in [0, 0.1) is 5.92 Å². The van der Waals surface area contributed by atoms with Crippen LogP contribution in [0.15, 0.2) is 58.2 Å². The highest BCUT2D eigenvalue weighted by atomic mass is 32.2. The average Bonchev–Trinajstić information content (AvgIpc) is 2.62. The Kier molecular flexibility index (Phi) is 4.97. The highest BCUT2D eigenvalue weighted by Crippen LogP contribution is 2.35. The van der Waals surface area contributed by atoms with Crippen LogP contribution in [0.25, 0.3) is 0 Å². The van der Waals surface area contributed by atoms with Crippen molar-refractivity contribution in [1.29, 1.82) is 0 Å². The molecule has 2 bridgehead atoms. The Labute approximate surface area is 152 Å². The molecule has 1 saturated heterocycles. The van der Waals surface area contributed by atoms with E-state index in [-0.39, 0.29) is 11.7 Å². The number of benzene rings is 1. The van der Waals surface area contributed by atoms with Crippen LogP contribution in [0.4, 0.5) is 0 Å². The lowest BCUT2D eigenvalue weighted by Gasteiger charge is -2.43. The van der Waals surface area contributed by atoms with Crippen LogP contribution < -0.4 is 5.56 Å². The van der Waals surface area contributed by atoms with Crippen LogP contribution in [-0.2, 0) is 6.54 Å². The van der Waals surface area contributed by atoms with Gasteiger partial charge >= 0.3 is 0 Å². The highest BCUT2D eigenvalue weighted by molar-refractivity contribution is 7.99. The Bertz CT molecular complexity index is 777. The van der Waals surface area contributed by atoms with Crippen molar-refractivity contribution in [3.63, 3.8) is 0 Å². The second-order valence-electron chi connectivity index (χ2n) is 7.19. The smallest absolute Gasteiger partial charge is 0.250 e. The van der Waals surface area contributed by atoms with Crippen LogP contribution >= 0.6 is 11.8 Å². The summed E-state index contributed by atoms with van der Waals surface area (Å²) in [4.78, 5) is 15.7. The molecule has 2 aliphatic rings. The largest absolute Gasteiger partial charge is 0.391 e. The summed E-state index contributed by atoms with van der Waals surface area (Å²) in [7, 11) is 0. The Morgan fingerprint density at radius 3 is 2.76 bits per heavy atom. The predicted octanol–water partition coefficient (Wildman–Crippen LogP) is 2.42. The maximum absolute atomic E-state index is 12.1. The standard InChI is InChI=1S/C20H24N2O2S/c23-17(14-25-18-5-2-1-3-6-18)13-21-10-15-9-16(12-21)19-7-4-8-20(24)22(19)11-15/h1-8,15-17,23H,9-14H2/t15-,16?,17?/m0/s1. The zero-order valence-corrected chi connectivity index (χ0v) is 15.1. The van der Waals surface area contributed by atoms with Crippen LogP contribution in [-0.4, -0.2) is 46.1 Å². The van der Waals surface area contributed by atoms with Gasteiger partial charge in [0.1, 0.15) is 0 Å². The minimum Gasteiger partial charge on any atom is -0.391 e. The maximum Gasteiger partial charge on any atom is 0.250 e. The molecule has 0 spiro atoms. The van der Waals surface area contributed by atoms with Crippen LogP contribution in [0.1, 0.15) is 18.0 Å². The van der Waals surface area contributed by atoms with Crippen molar-refractivity contribution in [2.45, 2.75) is 29.9 Å². The van der Waals surface area contributed by atoms with Crippen molar-refractivity contribution in [2.75, 3.05) is 25.4 Å². The molecule has 3 atom stereocenters. The molecule has 3 heterocycles. The zero-order chi connectivity index (χ0) is 17.2. The molecule has 2 unspecified atom stereocenters. The number of thioether (sulfide) groups is 1. The van der Waals surface area contributed by atoms with Gasteiger partial charge in [0.15, 0.2) is 0 Å². The lowest BCUT2D eigenvalue weighted by Crippen LogP contribution is -2.49. The summed E-state index contributed by atoms with van der Waals surface area (Å²) >= 11 is 1.71. The van der Waals surface area contributed by atoms with Gasteiger partial charge in [0.25, 0.3) is 5.56 Å². The number of aliphatic hydroxyl groups excluding tert-OH is 1. The maximum atomic E-state index is 12.1. The van der Waals surface area contributed by atoms with Crippen LogP contribution in [0.3, 0.4) is 0 Å². The van der Waals surface area contributed by atoms with E-state index >= 15 is 0 Å². The van der Waals surface area contributed by atoms with Gasteiger partial charge in [0.2, 0.25) is 0 Å². The Hall–Kier alpha value is -1.56. The fourth-order valence-electron chi connectivity index (χ4n) is 4.20. The molecule has 1 N–H and O–H groups in total. The average molecular weight is 356 g/mol. The first-order valence-electron chi connectivity index (χ1n) is 8.97. The molecule has 4 rings (SSSR count). The quantitative estimate of drug-likeness (QED) is 0.836. The van der Waals surface area contributed by atoms with Gasteiger partial charge in [-0.25, -0.2) is 0 Å². The summed E-state index contributed by atoms with van der Waals surface area (Å²) < 4.78 is 1.96. The lowest BCUT2D eigenvalue weighted by atomic mass is 9.83. The number of β-amino-alcohol motifs (C(OH)–C–C–N with tert-alkyl or cyclic N) is 1. The third-order valence-electron chi connectivity index (χ3n) is 5.21. The van der Waals surface area contributed by atoms with E-state index in [1.54, 1.807) is 17.8 Å². The summed E-state index contributed by atoms with van der Waals surface area (Å²) in [5, 5.41) is 10.4. The molecule has 5 heteroatoms. The number of hydrogen-bond donors (Lipinski definition) is 1. The third kappa shape index (κ3) is 3.84. The molecule has 132 valence electrons. The van der Waals surface area contributed by atoms with E-state index in [4.69, 9.17) is 0 Å². The molecule has 25 heavy (non-hydrogen) atoms. The van der Waals surface area contributed by atoms with E-state index in [1.807, 2.05) is 28.8 Å². The number of pyridine rings is 1. The number of rotatable bonds is 5. The second-order valence-corrected chi connectivity index (χ2v) is 8.29. The van der Waals surface area contributed by atoms with Gasteiger partial charge in [-0.3, -0.25) is 9.69 Å². The van der Waals surface area contributed by atoms with Crippen LogP contribution in [0.5, 0.6) is 0 Å². The van der Waals surface area contributed by atoms with Crippen molar-refractivity contribution < 1.29 is 5.11 Å². The Morgan fingerprint density at radius 1 is 1.08 bits per heavy atom. The van der Waals surface area contributed by atoms with Crippen molar-refractivity contribution in [1.82, 2.24) is 9.47 Å². The van der Waals surface area contributed by atoms with Gasteiger partial charge in [0, 0.05) is 54.5 Å². The lowest BCUT2D eigenvalue weighted by molar-refractivity contribution is 0.0717. The van der Waals surface area contributed by atoms with Crippen molar-refractivity contribution in [3.05, 3.63) is 64.6 Å². The normalized spacial score (nSPS) is 23.9. The van der Waals surface area contributed by atoms with E-state index in [2.05, 4.69) is 23.1 Å². The van der Waals surface area contributed by atoms with Gasteiger partial charge in [-0.15, -0.1) is 11.8 Å². The van der Waals surface area contributed by atoms with Crippen molar-refractivity contribution in [2.24, 2.45) is 5.92 Å². The van der Waals surface area contributed by atoms with E-state index in [9.17, 15) is 9.90 Å². The molecule has 0 radical (unpaired) electrons. The van der Waals surface area contributed by atoms with Gasteiger partial charge in [-0.2, -0.15) is 0 Å². The molecule has 1 aromatic carbocycles. The Balaban J connectivity index is 1.36. The second kappa shape index (κ2) is 7.36. The number of aliphatic hydroxyl groups is 1. The minimum absolute atomic E-state index is 0.125. The van der Waals surface area contributed by atoms with Crippen molar-refractivity contribution in [3.8, 4) is 0 Å². The molecule has 4 nitrogen and oxygen atoms in total. The van der Waals surface area contributed by atoms with Gasteiger partial charge in [0.05, 0.1) is 6.10 Å². The molecule has 0 saturated carbocycles. The number of hydrogen-bond acceptors (Lipinski definition) is 4. The van der Waals surface area contributed by atoms with Gasteiger partial charge < -0.3 is 9.67 Å². The molecular formula is C20H24N2O2S. The number of piperidine rings is 1. The monoisotopic (exact) mass is 356 g/mol. The number of likely N-dealkylation sites (tertiary alicyclic amines) is 1. The van der Waals surface area contributed by atoms with Crippen molar-refractivity contribution >= 4 is 11.8 Å². The Morgan fingerprint density at radius 2 is 1.92 bits per heavy atom. The first-order valence-corrected chi connectivity index (χ1v) is 9.95. The van der Waals surface area contributed by atoms with E-state index < -0.39 is 0 Å². The van der Waals surface area contributed by atoms with Gasteiger partial charge in [-0.05, 0) is 30.5 Å². The summed E-state index contributed by atoms with van der Waals surface area (Å²) in [5.41, 5.74) is 1.29. The summed E-state index contributed by atoms with van der Waals surface area (Å²) in [6.45, 7) is 3.44. The zero-order valence-electron chi connectivity index (χ0n) is 14.3. The fraction of sp³-hybridized carbons (Fsp3) is 0.450. The molecule has 1 fully saturated rings. The first kappa shape index (κ1) is 16.9. The molecule has 2 aromatic rings. The topological polar surface area (TPSA) is 45.5 Å². The SMILES string of the molecule is O=c1cccc2n1C[C@H]1CC2CN(CC(O)CSc2ccccc2)C1. The summed E-state index contributed by atoms with van der Waals surface area (Å²) in [5.74, 6) is 1.64. The minimum atomic E-state index is -0.331. The van der Waals surface area contributed by atoms with E-state index in [0.29, 0.717) is 24.1 Å². The predicted molar refractivity (Wildman–Crippen MR) is 101 cm³/mol. The molecular weight excluding hydrogens is 332 g/mol. The van der Waals surface area contributed by atoms with Crippen LogP contribution in [0.2, 0.25) is 0 Å². The molecule has 0 amide bonds.